The van der Waals surface area contributed by atoms with E-state index in [1.54, 1.807) is 0 Å². The molecule has 2 aromatic rings. The monoisotopic (exact) mass is 385 g/mol. The van der Waals surface area contributed by atoms with Crippen molar-refractivity contribution in [3.8, 4) is 6.07 Å². The first-order chi connectivity index (χ1) is 9.84. The highest BCUT2D eigenvalue weighted by molar-refractivity contribution is 9.10. The molecule has 0 aliphatic carbocycles. The van der Waals surface area contributed by atoms with Gasteiger partial charge in [-0.2, -0.15) is 5.26 Å². The summed E-state index contributed by atoms with van der Waals surface area (Å²) in [4.78, 5) is 0.196. The molecule has 1 aromatic carbocycles. The van der Waals surface area contributed by atoms with Gasteiger partial charge in [0.1, 0.15) is 20.8 Å². The minimum absolute atomic E-state index is 0.00361. The van der Waals surface area contributed by atoms with E-state index in [0.717, 1.165) is 27.6 Å². The van der Waals surface area contributed by atoms with Crippen LogP contribution in [0.25, 0.3) is 0 Å². The number of benzene rings is 1. The number of nitrogens with two attached hydrogens (primary N) is 1. The van der Waals surface area contributed by atoms with E-state index in [2.05, 4.69) is 21.2 Å². The van der Waals surface area contributed by atoms with Crippen LogP contribution >= 0.6 is 27.3 Å². The largest absolute Gasteiger partial charge is 0.396 e. The smallest absolute Gasteiger partial charge is 0.180 e. The molecule has 0 radical (unpaired) electrons. The number of nitrogens with zero attached hydrogens (tertiary/aromatic N) is 1. The highest BCUT2D eigenvalue weighted by atomic mass is 79.9. The minimum Gasteiger partial charge on any atom is -0.396 e. The van der Waals surface area contributed by atoms with Crippen molar-refractivity contribution in [1.82, 2.24) is 0 Å². The Hall–Kier alpha value is -1.56. The number of thiophene rings is 1. The molecule has 0 aliphatic rings. The Labute approximate surface area is 135 Å². The number of anilines is 2. The first kappa shape index (κ1) is 15.8. The number of halogens is 1. The van der Waals surface area contributed by atoms with Crippen molar-refractivity contribution in [2.24, 2.45) is 0 Å². The van der Waals surface area contributed by atoms with Gasteiger partial charge in [-0.25, -0.2) is 8.42 Å². The van der Waals surface area contributed by atoms with Crippen LogP contribution in [0.5, 0.6) is 0 Å². The molecule has 0 atom stereocenters. The molecule has 8 heteroatoms. The number of sulfone groups is 1. The van der Waals surface area contributed by atoms with Gasteiger partial charge in [0.2, 0.25) is 0 Å². The molecule has 1 aromatic heterocycles. The molecular weight excluding hydrogens is 374 g/mol. The molecule has 1 heterocycles. The van der Waals surface area contributed by atoms with E-state index in [4.69, 9.17) is 11.0 Å². The second kappa shape index (κ2) is 6.05. The average molecular weight is 386 g/mol. The van der Waals surface area contributed by atoms with Crippen LogP contribution in [0.3, 0.4) is 0 Å². The summed E-state index contributed by atoms with van der Waals surface area (Å²) >= 11 is 4.48. The topological polar surface area (TPSA) is 96.0 Å². The van der Waals surface area contributed by atoms with Crippen molar-refractivity contribution in [1.29, 1.82) is 5.26 Å². The molecule has 110 valence electrons. The molecule has 0 aliphatic heterocycles. The van der Waals surface area contributed by atoms with Gasteiger partial charge in [-0.05, 0) is 11.6 Å². The minimum atomic E-state index is -3.51. The summed E-state index contributed by atoms with van der Waals surface area (Å²) in [5.41, 5.74) is 6.75. The summed E-state index contributed by atoms with van der Waals surface area (Å²) < 4.78 is 24.6. The summed E-state index contributed by atoms with van der Waals surface area (Å²) in [6.45, 7) is 0.425. The van der Waals surface area contributed by atoms with Crippen LogP contribution in [0.1, 0.15) is 10.4 Å². The fourth-order valence-electron chi connectivity index (χ4n) is 1.81. The number of nitrogen functional groups attached to an aromatic ring is 1. The van der Waals surface area contributed by atoms with Gasteiger partial charge in [0.05, 0.1) is 5.69 Å². The van der Waals surface area contributed by atoms with Crippen molar-refractivity contribution in [3.05, 3.63) is 39.2 Å². The van der Waals surface area contributed by atoms with E-state index in [1.807, 2.05) is 30.3 Å². The molecule has 0 bridgehead atoms. The number of nitriles is 1. The van der Waals surface area contributed by atoms with Crippen molar-refractivity contribution >= 4 is 47.8 Å². The SMILES string of the molecule is CS(=O)(=O)c1c(NCc2ccccc2Br)sc(C#N)c1N. The van der Waals surface area contributed by atoms with Gasteiger partial charge < -0.3 is 11.1 Å². The van der Waals surface area contributed by atoms with Crippen LogP contribution in [-0.4, -0.2) is 14.7 Å². The number of hydrogen-bond donors (Lipinski definition) is 2. The molecule has 0 saturated carbocycles. The second-order valence-corrected chi connectivity index (χ2v) is 8.16. The van der Waals surface area contributed by atoms with E-state index < -0.39 is 9.84 Å². The fourth-order valence-corrected chi connectivity index (χ4v) is 4.60. The third-order valence-electron chi connectivity index (χ3n) is 2.77. The summed E-state index contributed by atoms with van der Waals surface area (Å²) in [6, 6.07) is 9.52. The molecule has 2 rings (SSSR count). The number of rotatable bonds is 4. The Morgan fingerprint density at radius 1 is 1.43 bits per heavy atom. The first-order valence-corrected chi connectivity index (χ1v) is 9.34. The zero-order valence-electron chi connectivity index (χ0n) is 11.1. The van der Waals surface area contributed by atoms with Crippen LogP contribution in [-0.2, 0) is 16.4 Å². The molecule has 0 amide bonds. The lowest BCUT2D eigenvalue weighted by Gasteiger charge is -2.08. The van der Waals surface area contributed by atoms with Crippen LogP contribution < -0.4 is 11.1 Å². The lowest BCUT2D eigenvalue weighted by Crippen LogP contribution is -2.06. The third-order valence-corrected chi connectivity index (χ3v) is 5.91. The van der Waals surface area contributed by atoms with Crippen LogP contribution in [0.2, 0.25) is 0 Å². The van der Waals surface area contributed by atoms with E-state index in [9.17, 15) is 8.42 Å². The lowest BCUT2D eigenvalue weighted by atomic mass is 10.2. The average Bonchev–Trinajstić information content (AvgIpc) is 2.74. The van der Waals surface area contributed by atoms with Gasteiger partial charge in [0.15, 0.2) is 9.84 Å². The number of nitrogens with one attached hydrogen (secondary N) is 1. The standard InChI is InChI=1S/C13H12BrN3O2S2/c1-21(18,19)12-11(16)10(6-15)20-13(12)17-7-8-4-2-3-5-9(8)14/h2-5,17H,7,16H2,1H3. The Morgan fingerprint density at radius 2 is 2.10 bits per heavy atom. The van der Waals surface area contributed by atoms with E-state index in [0.29, 0.717) is 11.5 Å². The van der Waals surface area contributed by atoms with Gasteiger partial charge in [-0.15, -0.1) is 11.3 Å². The Morgan fingerprint density at radius 3 is 2.67 bits per heavy atom. The first-order valence-electron chi connectivity index (χ1n) is 5.84. The zero-order valence-corrected chi connectivity index (χ0v) is 14.3. The lowest BCUT2D eigenvalue weighted by molar-refractivity contribution is 0.603. The van der Waals surface area contributed by atoms with E-state index in [-0.39, 0.29) is 15.5 Å². The Balaban J connectivity index is 2.37. The quantitative estimate of drug-likeness (QED) is 0.842. The molecule has 0 fully saturated rings. The maximum absolute atomic E-state index is 11.9. The van der Waals surface area contributed by atoms with Crippen molar-refractivity contribution < 1.29 is 8.42 Å². The van der Waals surface area contributed by atoms with Crippen LogP contribution in [0.4, 0.5) is 10.7 Å². The molecule has 21 heavy (non-hydrogen) atoms. The predicted molar refractivity (Wildman–Crippen MR) is 88.0 cm³/mol. The molecule has 0 unspecified atom stereocenters. The summed E-state index contributed by atoms with van der Waals surface area (Å²) in [6.07, 6.45) is 1.08. The zero-order chi connectivity index (χ0) is 15.6. The summed E-state index contributed by atoms with van der Waals surface area (Å²) in [5.74, 6) is 0. The third kappa shape index (κ3) is 3.37. The van der Waals surface area contributed by atoms with E-state index >= 15 is 0 Å². The maximum Gasteiger partial charge on any atom is 0.180 e. The highest BCUT2D eigenvalue weighted by Gasteiger charge is 2.23. The fraction of sp³-hybridized carbons (Fsp3) is 0.154. The van der Waals surface area contributed by atoms with Crippen LogP contribution in [0.15, 0.2) is 33.6 Å². The van der Waals surface area contributed by atoms with Crippen molar-refractivity contribution in [2.45, 2.75) is 11.4 Å². The molecule has 3 N–H and O–H groups in total. The predicted octanol–water partition coefficient (Wildman–Crippen LogP) is 2.98. The Bertz CT molecular complexity index is 822. The van der Waals surface area contributed by atoms with Crippen molar-refractivity contribution in [2.75, 3.05) is 17.3 Å². The van der Waals surface area contributed by atoms with Crippen molar-refractivity contribution in [3.63, 3.8) is 0 Å². The summed E-state index contributed by atoms with van der Waals surface area (Å²) in [5, 5.41) is 12.4. The molecule has 0 saturated heterocycles. The van der Waals surface area contributed by atoms with Gasteiger partial charge in [-0.1, -0.05) is 34.1 Å². The van der Waals surface area contributed by atoms with Gasteiger partial charge in [0, 0.05) is 17.3 Å². The van der Waals surface area contributed by atoms with Gasteiger partial charge in [-0.3, -0.25) is 0 Å². The Kier molecular flexibility index (Phi) is 4.56. The molecular formula is C13H12BrN3O2S2. The summed E-state index contributed by atoms with van der Waals surface area (Å²) in [7, 11) is -3.51. The molecule has 5 nitrogen and oxygen atoms in total. The van der Waals surface area contributed by atoms with Gasteiger partial charge >= 0.3 is 0 Å². The van der Waals surface area contributed by atoms with E-state index in [1.165, 1.54) is 0 Å². The maximum atomic E-state index is 11.9. The second-order valence-electron chi connectivity index (χ2n) is 4.33. The highest BCUT2D eigenvalue weighted by Crippen LogP contribution is 2.39. The van der Waals surface area contributed by atoms with Crippen LogP contribution in [0, 0.1) is 11.3 Å². The molecule has 0 spiro atoms. The van der Waals surface area contributed by atoms with Gasteiger partial charge in [0.25, 0.3) is 0 Å². The normalized spacial score (nSPS) is 11.1. The number of hydrogen-bond acceptors (Lipinski definition) is 6.